The molecule has 0 aliphatic carbocycles. The summed E-state index contributed by atoms with van der Waals surface area (Å²) in [4.78, 5) is 29.0. The summed E-state index contributed by atoms with van der Waals surface area (Å²) in [6.45, 7) is 7.00. The highest BCUT2D eigenvalue weighted by molar-refractivity contribution is 5.89. The first-order valence-corrected chi connectivity index (χ1v) is 9.57. The van der Waals surface area contributed by atoms with Crippen molar-refractivity contribution in [2.45, 2.75) is 46.1 Å². The van der Waals surface area contributed by atoms with Crippen molar-refractivity contribution >= 4 is 11.8 Å². The minimum Gasteiger partial charge on any atom is -0.454 e. The summed E-state index contributed by atoms with van der Waals surface area (Å²) in [5.74, 6) is 1.41. The Labute approximate surface area is 155 Å². The number of hydrogen-bond donors (Lipinski definition) is 0. The Balaban J connectivity index is 1.61. The fourth-order valence-electron chi connectivity index (χ4n) is 3.56. The van der Waals surface area contributed by atoms with Crippen molar-refractivity contribution < 1.29 is 19.1 Å². The number of ether oxygens (including phenoxy) is 2. The number of carbonyl (C=O) groups excluding carboxylic acids is 2. The van der Waals surface area contributed by atoms with Gasteiger partial charge in [0.25, 0.3) is 0 Å². The topological polar surface area (TPSA) is 59.1 Å². The van der Waals surface area contributed by atoms with Crippen molar-refractivity contribution in [1.82, 2.24) is 9.80 Å². The molecule has 0 aromatic heterocycles. The number of carbonyl (C=O) groups is 2. The first kappa shape index (κ1) is 18.5. The van der Waals surface area contributed by atoms with E-state index in [1.165, 1.54) is 0 Å². The van der Waals surface area contributed by atoms with Gasteiger partial charge in [0.05, 0.1) is 5.92 Å². The highest BCUT2D eigenvalue weighted by Crippen LogP contribution is 2.33. The number of nitrogens with zero attached hydrogens (tertiary/aromatic N) is 2. The van der Waals surface area contributed by atoms with E-state index in [1.54, 1.807) is 4.90 Å². The molecule has 3 rings (SSSR count). The van der Waals surface area contributed by atoms with Crippen molar-refractivity contribution in [3.8, 4) is 11.5 Å². The largest absolute Gasteiger partial charge is 0.454 e. The van der Waals surface area contributed by atoms with Crippen LogP contribution in [0.3, 0.4) is 0 Å². The third kappa shape index (κ3) is 4.11. The van der Waals surface area contributed by atoms with E-state index >= 15 is 0 Å². The minimum absolute atomic E-state index is 0.0490. The number of benzene rings is 1. The molecule has 1 unspecified atom stereocenters. The van der Waals surface area contributed by atoms with Crippen molar-refractivity contribution in [2.75, 3.05) is 26.4 Å². The van der Waals surface area contributed by atoms with Gasteiger partial charge in [0.1, 0.15) is 0 Å². The third-order valence-corrected chi connectivity index (χ3v) is 4.96. The molecule has 1 saturated heterocycles. The molecule has 142 valence electrons. The second-order valence-electron chi connectivity index (χ2n) is 7.04. The maximum absolute atomic E-state index is 12.8. The van der Waals surface area contributed by atoms with Crippen LogP contribution in [0.2, 0.25) is 0 Å². The molecule has 6 nitrogen and oxygen atoms in total. The molecule has 0 saturated carbocycles. The molecule has 2 aliphatic rings. The van der Waals surface area contributed by atoms with Gasteiger partial charge in [-0.3, -0.25) is 9.59 Å². The highest BCUT2D eigenvalue weighted by Gasteiger charge is 2.36. The second kappa shape index (κ2) is 8.43. The van der Waals surface area contributed by atoms with Gasteiger partial charge in [-0.2, -0.15) is 0 Å². The first-order valence-electron chi connectivity index (χ1n) is 9.57. The number of rotatable bonds is 8. The predicted molar refractivity (Wildman–Crippen MR) is 97.9 cm³/mol. The van der Waals surface area contributed by atoms with E-state index < -0.39 is 0 Å². The number of likely N-dealkylation sites (tertiary alicyclic amines) is 1. The molecule has 1 fully saturated rings. The Bertz CT molecular complexity index is 661. The summed E-state index contributed by atoms with van der Waals surface area (Å²) in [5, 5.41) is 0. The Morgan fingerprint density at radius 3 is 2.77 bits per heavy atom. The number of amides is 2. The van der Waals surface area contributed by atoms with E-state index in [0.29, 0.717) is 19.5 Å². The van der Waals surface area contributed by atoms with Crippen molar-refractivity contribution in [1.29, 1.82) is 0 Å². The standard InChI is InChI=1S/C20H28N2O4/c1-3-5-9-21(8-4-2)20(24)16-11-19(23)22(13-16)12-15-6-7-17-18(10-15)26-14-25-17/h6-7,10,16H,3-5,8-9,11-14H2,1-2H3. The summed E-state index contributed by atoms with van der Waals surface area (Å²) < 4.78 is 10.7. The van der Waals surface area contributed by atoms with Crippen LogP contribution in [0, 0.1) is 5.92 Å². The zero-order valence-corrected chi connectivity index (χ0v) is 15.7. The van der Waals surface area contributed by atoms with E-state index in [2.05, 4.69) is 13.8 Å². The minimum atomic E-state index is -0.222. The normalized spacial score (nSPS) is 18.5. The Morgan fingerprint density at radius 1 is 1.19 bits per heavy atom. The van der Waals surface area contributed by atoms with Gasteiger partial charge in [0.2, 0.25) is 18.6 Å². The molecule has 1 aromatic carbocycles. The highest BCUT2D eigenvalue weighted by atomic mass is 16.7. The molecule has 0 radical (unpaired) electrons. The van der Waals surface area contributed by atoms with Crippen LogP contribution in [0.4, 0.5) is 0 Å². The summed E-state index contributed by atoms with van der Waals surface area (Å²) in [6, 6.07) is 5.73. The van der Waals surface area contributed by atoms with Gasteiger partial charge in [0, 0.05) is 32.6 Å². The molecule has 1 atom stereocenters. The maximum atomic E-state index is 12.8. The fraction of sp³-hybridized carbons (Fsp3) is 0.600. The monoisotopic (exact) mass is 360 g/mol. The zero-order valence-electron chi connectivity index (χ0n) is 15.7. The molecular weight excluding hydrogens is 332 g/mol. The number of hydrogen-bond acceptors (Lipinski definition) is 4. The first-order chi connectivity index (χ1) is 12.6. The van der Waals surface area contributed by atoms with E-state index in [-0.39, 0.29) is 24.5 Å². The van der Waals surface area contributed by atoms with Gasteiger partial charge in [-0.15, -0.1) is 0 Å². The van der Waals surface area contributed by atoms with Crippen LogP contribution >= 0.6 is 0 Å². The number of fused-ring (bicyclic) bond motifs is 1. The zero-order chi connectivity index (χ0) is 18.5. The van der Waals surface area contributed by atoms with Crippen molar-refractivity contribution in [2.24, 2.45) is 5.92 Å². The van der Waals surface area contributed by atoms with E-state index in [4.69, 9.17) is 9.47 Å². The van der Waals surface area contributed by atoms with Crippen LogP contribution in [0.1, 0.15) is 45.1 Å². The third-order valence-electron chi connectivity index (χ3n) is 4.96. The average molecular weight is 360 g/mol. The molecule has 0 N–H and O–H groups in total. The molecule has 2 heterocycles. The van der Waals surface area contributed by atoms with Crippen molar-refractivity contribution in [3.63, 3.8) is 0 Å². The quantitative estimate of drug-likeness (QED) is 0.715. The average Bonchev–Trinajstić information content (AvgIpc) is 3.24. The fourth-order valence-corrected chi connectivity index (χ4v) is 3.56. The second-order valence-corrected chi connectivity index (χ2v) is 7.04. The van der Waals surface area contributed by atoms with Crippen LogP contribution in [0.5, 0.6) is 11.5 Å². The van der Waals surface area contributed by atoms with Crippen LogP contribution in [-0.2, 0) is 16.1 Å². The molecule has 26 heavy (non-hydrogen) atoms. The van der Waals surface area contributed by atoms with Crippen LogP contribution in [0.15, 0.2) is 18.2 Å². The van der Waals surface area contributed by atoms with Gasteiger partial charge in [-0.1, -0.05) is 26.3 Å². The molecule has 2 aliphatic heterocycles. The Kier molecular flexibility index (Phi) is 6.01. The van der Waals surface area contributed by atoms with E-state index in [0.717, 1.165) is 49.4 Å². The lowest BCUT2D eigenvalue weighted by atomic mass is 10.1. The summed E-state index contributed by atoms with van der Waals surface area (Å²) in [7, 11) is 0. The summed E-state index contributed by atoms with van der Waals surface area (Å²) in [5.41, 5.74) is 0.993. The van der Waals surface area contributed by atoms with E-state index in [9.17, 15) is 9.59 Å². The lowest BCUT2D eigenvalue weighted by Crippen LogP contribution is -2.38. The van der Waals surface area contributed by atoms with Crippen LogP contribution < -0.4 is 9.47 Å². The predicted octanol–water partition coefficient (Wildman–Crippen LogP) is 2.80. The molecular formula is C20H28N2O4. The lowest BCUT2D eigenvalue weighted by Gasteiger charge is -2.25. The molecule has 0 spiro atoms. The van der Waals surface area contributed by atoms with Gasteiger partial charge >= 0.3 is 0 Å². The van der Waals surface area contributed by atoms with Gasteiger partial charge < -0.3 is 19.3 Å². The summed E-state index contributed by atoms with van der Waals surface area (Å²) in [6.07, 6.45) is 3.33. The van der Waals surface area contributed by atoms with Crippen LogP contribution in [0.25, 0.3) is 0 Å². The van der Waals surface area contributed by atoms with Gasteiger partial charge in [0.15, 0.2) is 11.5 Å². The molecule has 0 bridgehead atoms. The Hall–Kier alpha value is -2.24. The van der Waals surface area contributed by atoms with Gasteiger partial charge in [-0.05, 0) is 30.5 Å². The SMILES string of the molecule is CCCCN(CCC)C(=O)C1CC(=O)N(Cc2ccc3c(c2)OCO3)C1. The Morgan fingerprint density at radius 2 is 2.00 bits per heavy atom. The molecule has 1 aromatic rings. The maximum Gasteiger partial charge on any atom is 0.231 e. The lowest BCUT2D eigenvalue weighted by molar-refractivity contribution is -0.136. The van der Waals surface area contributed by atoms with Gasteiger partial charge in [-0.25, -0.2) is 0 Å². The summed E-state index contributed by atoms with van der Waals surface area (Å²) >= 11 is 0. The molecule has 2 amide bonds. The van der Waals surface area contributed by atoms with Crippen molar-refractivity contribution in [3.05, 3.63) is 23.8 Å². The number of unbranched alkanes of at least 4 members (excludes halogenated alkanes) is 1. The molecule has 6 heteroatoms. The smallest absolute Gasteiger partial charge is 0.231 e. The van der Waals surface area contributed by atoms with E-state index in [1.807, 2.05) is 23.1 Å². The van der Waals surface area contributed by atoms with Crippen LogP contribution in [-0.4, -0.2) is 48.0 Å².